The van der Waals surface area contributed by atoms with E-state index in [2.05, 4.69) is 11.8 Å². The van der Waals surface area contributed by atoms with Crippen molar-refractivity contribution in [2.45, 2.75) is 13.3 Å². The average Bonchev–Trinajstić information content (AvgIpc) is 2.78. The van der Waals surface area contributed by atoms with Gasteiger partial charge in [0.05, 0.1) is 0 Å². The van der Waals surface area contributed by atoms with Crippen LogP contribution < -0.4 is 61.6 Å². The van der Waals surface area contributed by atoms with Crippen molar-refractivity contribution in [3.63, 3.8) is 0 Å². The number of hydrogen-bond donors (Lipinski definition) is 0. The maximum Gasteiger partial charge on any atom is 1.00 e. The molecule has 0 aliphatic heterocycles. The number of allylic oxidation sites excluding steroid dienone is 1. The van der Waals surface area contributed by atoms with Gasteiger partial charge < -0.3 is 22.6 Å². The summed E-state index contributed by atoms with van der Waals surface area (Å²) in [5.74, 6) is 0.767. The summed E-state index contributed by atoms with van der Waals surface area (Å²) in [6.45, 7) is -1.56. The van der Waals surface area contributed by atoms with Gasteiger partial charge in [0.2, 0.25) is 0 Å². The van der Waals surface area contributed by atoms with Crippen LogP contribution in [0, 0.1) is 0 Å². The predicted molar refractivity (Wildman–Crippen MR) is 128 cm³/mol. The Bertz CT molecular complexity index is 1030. The fourth-order valence-corrected chi connectivity index (χ4v) is 3.61. The van der Waals surface area contributed by atoms with Crippen LogP contribution in [-0.2, 0) is 0 Å². The molecule has 3 aromatic carbocycles. The zero-order chi connectivity index (χ0) is 23.1. The molecule has 0 fully saturated rings. The van der Waals surface area contributed by atoms with Crippen LogP contribution in [0.4, 0.5) is 12.9 Å². The normalized spacial score (nSPS) is 12.2. The third kappa shape index (κ3) is 7.84. The molecular weight excluding hydrogens is 449 g/mol. The molecule has 3 rings (SSSR count). The Morgan fingerprint density at radius 1 is 0.788 bits per heavy atom. The van der Waals surface area contributed by atoms with Crippen LogP contribution in [0.1, 0.15) is 30.0 Å². The van der Waals surface area contributed by atoms with Crippen molar-refractivity contribution >= 4 is 23.6 Å². The van der Waals surface area contributed by atoms with Crippen LogP contribution in [0.3, 0.4) is 0 Å². The van der Waals surface area contributed by atoms with Gasteiger partial charge in [0, 0.05) is 6.54 Å². The van der Waals surface area contributed by atoms with Crippen LogP contribution in [0.5, 0.6) is 5.75 Å². The van der Waals surface area contributed by atoms with E-state index < -0.39 is 12.4 Å². The van der Waals surface area contributed by atoms with E-state index in [0.717, 1.165) is 46.6 Å². The Morgan fingerprint density at radius 3 is 1.82 bits per heavy atom. The van der Waals surface area contributed by atoms with Crippen LogP contribution in [0.25, 0.3) is 11.1 Å². The van der Waals surface area contributed by atoms with Gasteiger partial charge in [-0.15, -0.1) is 5.46 Å². The minimum Gasteiger partial charge on any atom is -0.492 e. The summed E-state index contributed by atoms with van der Waals surface area (Å²) in [6.07, 6.45) is 0.741. The van der Waals surface area contributed by atoms with E-state index in [-0.39, 0.29) is 51.4 Å². The Balaban J connectivity index is 0.00000385. The van der Waals surface area contributed by atoms with Crippen molar-refractivity contribution in [3.8, 4) is 5.75 Å². The Kier molecular flexibility index (Phi) is 10.9. The molecule has 168 valence electrons. The molecule has 0 spiro atoms. The van der Waals surface area contributed by atoms with Gasteiger partial charge in [-0.1, -0.05) is 73.7 Å². The van der Waals surface area contributed by atoms with Crippen molar-refractivity contribution in [1.29, 1.82) is 0 Å². The SMILES string of the molecule is CCC(=C(c1ccc(OCCN(C)C)cc1)c1ccc([B-](F)(F)F)cc1)c1ccccc1.[K+]. The third-order valence-corrected chi connectivity index (χ3v) is 5.31. The van der Waals surface area contributed by atoms with E-state index in [0.29, 0.717) is 6.61 Å². The Labute approximate surface area is 237 Å². The molecule has 2 nitrogen and oxygen atoms in total. The number of nitrogens with zero attached hydrogens (tertiary/aromatic N) is 1. The van der Waals surface area contributed by atoms with E-state index in [9.17, 15) is 12.9 Å². The number of ether oxygens (including phenoxy) is 1. The second-order valence-corrected chi connectivity index (χ2v) is 7.95. The molecule has 0 atom stereocenters. The van der Waals surface area contributed by atoms with Gasteiger partial charge in [0.1, 0.15) is 12.4 Å². The largest absolute Gasteiger partial charge is 1.00 e. The molecule has 0 saturated carbocycles. The topological polar surface area (TPSA) is 12.5 Å². The maximum atomic E-state index is 13.2. The van der Waals surface area contributed by atoms with Gasteiger partial charge in [-0.2, -0.15) is 0 Å². The molecule has 0 aromatic heterocycles. The van der Waals surface area contributed by atoms with Crippen molar-refractivity contribution in [2.24, 2.45) is 0 Å². The molecule has 7 heteroatoms. The van der Waals surface area contributed by atoms with Crippen LogP contribution in [0.15, 0.2) is 78.9 Å². The van der Waals surface area contributed by atoms with Crippen molar-refractivity contribution in [1.82, 2.24) is 4.90 Å². The van der Waals surface area contributed by atoms with Crippen LogP contribution >= 0.6 is 0 Å². The molecule has 0 bridgehead atoms. The summed E-state index contributed by atoms with van der Waals surface area (Å²) < 4.78 is 45.3. The monoisotopic (exact) mass is 477 g/mol. The predicted octanol–water partition coefficient (Wildman–Crippen LogP) is 3.05. The first-order valence-corrected chi connectivity index (χ1v) is 10.8. The minimum absolute atomic E-state index is 0. The van der Waals surface area contributed by atoms with E-state index >= 15 is 0 Å². The molecule has 0 radical (unpaired) electrons. The second kappa shape index (κ2) is 12.9. The standard InChI is InChI=1S/C26H28BF3NO.K/c1-4-25(20-8-6-5-7-9-20)26(21-10-14-23(15-11-21)27(28,29)30)22-12-16-24(17-13-22)32-19-18-31(2)3;/h5-17H,4,18-19H2,1-3H3;/q-1;+1. The summed E-state index contributed by atoms with van der Waals surface area (Å²) in [5.41, 5.74) is 4.18. The number of benzene rings is 3. The number of halogens is 3. The van der Waals surface area contributed by atoms with Crippen LogP contribution in [0.2, 0.25) is 0 Å². The average molecular weight is 477 g/mol. The molecule has 33 heavy (non-hydrogen) atoms. The molecule has 0 unspecified atom stereocenters. The number of hydrogen-bond acceptors (Lipinski definition) is 2. The second-order valence-electron chi connectivity index (χ2n) is 7.95. The maximum absolute atomic E-state index is 13.2. The van der Waals surface area contributed by atoms with Gasteiger partial charge in [0.15, 0.2) is 0 Å². The Morgan fingerprint density at radius 2 is 1.33 bits per heavy atom. The van der Waals surface area contributed by atoms with Gasteiger partial charge in [-0.3, -0.25) is 0 Å². The van der Waals surface area contributed by atoms with Gasteiger partial charge >= 0.3 is 58.4 Å². The first-order valence-electron chi connectivity index (χ1n) is 10.8. The fourth-order valence-electron chi connectivity index (χ4n) is 3.61. The molecule has 0 aliphatic rings. The zero-order valence-electron chi connectivity index (χ0n) is 19.7. The van der Waals surface area contributed by atoms with E-state index in [1.807, 2.05) is 68.7 Å². The van der Waals surface area contributed by atoms with Crippen molar-refractivity contribution < 1.29 is 69.1 Å². The van der Waals surface area contributed by atoms with Crippen LogP contribution in [-0.4, -0.2) is 39.1 Å². The summed E-state index contributed by atoms with van der Waals surface area (Å²) in [5, 5.41) is 0. The molecule has 0 N–H and O–H groups in total. The molecular formula is C26H28BF3KNO. The molecule has 0 amide bonds. The van der Waals surface area contributed by atoms with E-state index in [1.165, 1.54) is 12.1 Å². The van der Waals surface area contributed by atoms with Crippen molar-refractivity contribution in [2.75, 3.05) is 27.2 Å². The van der Waals surface area contributed by atoms with Gasteiger partial charge in [0.25, 0.3) is 0 Å². The Hall–Kier alpha value is -1.35. The third-order valence-electron chi connectivity index (χ3n) is 5.31. The van der Waals surface area contributed by atoms with Crippen molar-refractivity contribution in [3.05, 3.63) is 95.6 Å². The molecule has 0 heterocycles. The summed E-state index contributed by atoms with van der Waals surface area (Å²) in [7, 11) is 3.98. The number of rotatable bonds is 9. The zero-order valence-corrected chi connectivity index (χ0v) is 22.8. The summed E-state index contributed by atoms with van der Waals surface area (Å²) >= 11 is 0. The number of likely N-dealkylation sites (N-methyl/N-ethyl adjacent to an activating group) is 1. The minimum atomic E-state index is -5.02. The van der Waals surface area contributed by atoms with Gasteiger partial charge in [-0.25, -0.2) is 0 Å². The van der Waals surface area contributed by atoms with E-state index in [1.54, 1.807) is 12.1 Å². The first-order chi connectivity index (χ1) is 15.3. The van der Waals surface area contributed by atoms with Gasteiger partial charge in [-0.05, 0) is 60.5 Å². The fraction of sp³-hybridized carbons (Fsp3) is 0.231. The molecule has 0 aliphatic carbocycles. The first kappa shape index (κ1) is 27.9. The smallest absolute Gasteiger partial charge is 0.492 e. The molecule has 0 saturated heterocycles. The quantitative estimate of drug-likeness (QED) is 0.347. The summed E-state index contributed by atoms with van der Waals surface area (Å²) in [6, 6.07) is 23.2. The molecule has 3 aromatic rings. The van der Waals surface area contributed by atoms with E-state index in [4.69, 9.17) is 4.74 Å². The summed E-state index contributed by atoms with van der Waals surface area (Å²) in [4.78, 5) is 2.05.